The topological polar surface area (TPSA) is 260 Å². The van der Waals surface area contributed by atoms with Gasteiger partial charge in [0.25, 0.3) is 11.4 Å². The molecular weight excluding hydrogens is 758 g/mol. The summed E-state index contributed by atoms with van der Waals surface area (Å²) in [7, 11) is 1.44. The maximum Gasteiger partial charge on any atom is 2.00 e. The molecule has 17 nitrogen and oxygen atoms in total. The number of benzodiazepines with no additional fused rings is 2. The van der Waals surface area contributed by atoms with Crippen molar-refractivity contribution in [3.8, 4) is 0 Å². The molecule has 0 unspecified atom stereocenters. The van der Waals surface area contributed by atoms with Crippen LogP contribution in [-0.2, 0) is 14.4 Å². The molecule has 2 amide bonds. The van der Waals surface area contributed by atoms with Gasteiger partial charge in [-0.15, -0.1) is 0 Å². The third-order valence-corrected chi connectivity index (χ3v) is 7.95. The molecule has 0 saturated heterocycles. The first-order chi connectivity index (χ1) is 25.2. The van der Waals surface area contributed by atoms with E-state index in [0.29, 0.717) is 55.1 Å². The first-order valence-corrected chi connectivity index (χ1v) is 15.9. The van der Waals surface area contributed by atoms with Crippen LogP contribution in [0.5, 0.6) is 0 Å². The number of carbonyl (C=O) groups excluding carboxylic acids is 2. The number of halogens is 2. The summed E-state index contributed by atoms with van der Waals surface area (Å²) >= 11 is 12.4. The van der Waals surface area contributed by atoms with Crippen molar-refractivity contribution in [2.24, 2.45) is 15.7 Å². The largest absolute Gasteiger partial charge is 2.00 e. The number of nitrogens with zero attached hydrogens (tertiary/aromatic N) is 5. The van der Waals surface area contributed by atoms with E-state index in [-0.39, 0.29) is 71.8 Å². The van der Waals surface area contributed by atoms with Crippen molar-refractivity contribution in [1.82, 2.24) is 4.90 Å². The molecule has 54 heavy (non-hydrogen) atoms. The Hall–Kier alpha value is -5.95. The second-order valence-corrected chi connectivity index (χ2v) is 11.8. The third-order valence-electron chi connectivity index (χ3n) is 7.29. The quantitative estimate of drug-likeness (QED) is 0.0597. The average molecular weight is 787 g/mol. The fraction of sp³-hybridized carbons (Fsp3) is 0.118. The number of nitrogens with one attached hydrogen (secondary N) is 3. The molecule has 0 spiro atoms. The van der Waals surface area contributed by atoms with Crippen LogP contribution in [-0.4, -0.2) is 105 Å². The van der Waals surface area contributed by atoms with Crippen LogP contribution in [0.25, 0.3) is 0 Å². The third kappa shape index (κ3) is 11.0. The molecule has 2 heterocycles. The summed E-state index contributed by atoms with van der Waals surface area (Å²) in [4.78, 5) is 64.1. The summed E-state index contributed by atoms with van der Waals surface area (Å²) in [6, 6.07) is 22.6. The fourth-order valence-electron chi connectivity index (χ4n) is 4.81. The molecule has 0 atom stereocenters. The Bertz CT molecular complexity index is 2060. The molecule has 0 radical (unpaired) electrons. The Morgan fingerprint density at radius 1 is 0.796 bits per heavy atom. The van der Waals surface area contributed by atoms with E-state index in [4.69, 9.17) is 39.5 Å². The van der Waals surface area contributed by atoms with Gasteiger partial charge in [0, 0.05) is 63.6 Å². The summed E-state index contributed by atoms with van der Waals surface area (Å²) in [5, 5.41) is 43.2. The number of hydrogen-bond acceptors (Lipinski definition) is 10. The molecular formula is C34H29Cl2MgN9O8+2. The number of nitro groups is 2. The van der Waals surface area contributed by atoms with Crippen molar-refractivity contribution >= 4 is 104 Å². The number of hydrogen-bond donors (Lipinski definition) is 5. The van der Waals surface area contributed by atoms with Crippen molar-refractivity contribution in [2.45, 2.75) is 0 Å². The minimum Gasteiger partial charge on any atom is -0.480 e. The Morgan fingerprint density at radius 3 is 1.50 bits per heavy atom. The number of non-ortho nitro benzene ring substituents is 2. The minimum atomic E-state index is -0.993. The van der Waals surface area contributed by atoms with E-state index in [2.05, 4.69) is 20.6 Å². The molecule has 272 valence electrons. The number of carbonyl (C=O) groups is 3. The van der Waals surface area contributed by atoms with Gasteiger partial charge < -0.3 is 26.4 Å². The number of benzene rings is 4. The number of nitro benzene ring substituents is 2. The first-order valence-electron chi connectivity index (χ1n) is 15.2. The number of anilines is 2. The summed E-state index contributed by atoms with van der Waals surface area (Å²) in [6.45, 7) is -0.360. The number of rotatable bonds is 6. The van der Waals surface area contributed by atoms with Crippen LogP contribution in [0.2, 0.25) is 10.0 Å². The molecule has 2 aliphatic heterocycles. The number of carboxylic acids is 1. The van der Waals surface area contributed by atoms with Gasteiger partial charge in [-0.3, -0.25) is 50.0 Å². The van der Waals surface area contributed by atoms with Crippen molar-refractivity contribution < 1.29 is 29.3 Å². The molecule has 0 fully saturated rings. The van der Waals surface area contributed by atoms with Crippen molar-refractivity contribution in [1.29, 1.82) is 5.41 Å². The number of aliphatic imine (C=N–C) groups is 2. The molecule has 4 aromatic rings. The maximum atomic E-state index is 11.7. The van der Waals surface area contributed by atoms with E-state index in [0.717, 1.165) is 4.90 Å². The molecule has 6 N–H and O–H groups in total. The smallest absolute Gasteiger partial charge is 0.480 e. The van der Waals surface area contributed by atoms with Crippen molar-refractivity contribution in [3.05, 3.63) is 137 Å². The zero-order valence-corrected chi connectivity index (χ0v) is 31.2. The van der Waals surface area contributed by atoms with Gasteiger partial charge in [-0.25, -0.2) is 0 Å². The minimum absolute atomic E-state index is 0. The van der Waals surface area contributed by atoms with E-state index in [9.17, 15) is 34.6 Å². The van der Waals surface area contributed by atoms with Gasteiger partial charge >= 0.3 is 29.0 Å². The van der Waals surface area contributed by atoms with Crippen LogP contribution in [0, 0.1) is 25.6 Å². The zero-order valence-electron chi connectivity index (χ0n) is 28.3. The predicted molar refractivity (Wildman–Crippen MR) is 205 cm³/mol. The molecule has 0 aliphatic carbocycles. The number of nitrogens with two attached hydrogens (primary N) is 1. The van der Waals surface area contributed by atoms with E-state index >= 15 is 0 Å². The Labute approximate surface area is 332 Å². The average Bonchev–Trinajstić information content (AvgIpc) is 3.38. The van der Waals surface area contributed by atoms with E-state index < -0.39 is 15.8 Å². The van der Waals surface area contributed by atoms with Crippen LogP contribution in [0.1, 0.15) is 22.3 Å². The number of carboxylic acid groups (broad SMARTS) is 1. The standard InChI is InChI=1S/2C15H10ClN3O3.C4H9N3O2.Mg/c2*16-12-4-2-1-3-10(12)15-11-7-9(19(21)22)5-6-13(11)18-14(20)8-17-15;1-7(4(5)6)2-3(8)9;/h2*1-7H,8H2,(H,18,20);2H2,1H3,(H3,5,6)(H,8,9);/q;;;+2. The molecule has 20 heteroatoms. The molecule has 0 aromatic heterocycles. The Balaban J connectivity index is 0.000000235. The number of likely N-dealkylation sites (N-methyl/N-ethyl adjacent to an activating group) is 1. The Kier molecular flexibility index (Phi) is 15.1. The summed E-state index contributed by atoms with van der Waals surface area (Å²) in [5.41, 5.74) is 8.87. The van der Waals surface area contributed by atoms with Crippen molar-refractivity contribution in [3.63, 3.8) is 0 Å². The monoisotopic (exact) mass is 785 g/mol. The van der Waals surface area contributed by atoms with Gasteiger partial charge in [0.05, 0.1) is 32.6 Å². The molecule has 2 aliphatic rings. The van der Waals surface area contributed by atoms with Crippen LogP contribution in [0.3, 0.4) is 0 Å². The van der Waals surface area contributed by atoms with E-state index in [1.54, 1.807) is 48.5 Å². The summed E-state index contributed by atoms with van der Waals surface area (Å²) in [6.07, 6.45) is 0. The molecule has 0 saturated carbocycles. The Morgan fingerprint density at radius 2 is 1.19 bits per heavy atom. The molecule has 0 bridgehead atoms. The van der Waals surface area contributed by atoms with Gasteiger partial charge in [0.15, 0.2) is 5.96 Å². The number of aliphatic carboxylic acids is 1. The van der Waals surface area contributed by atoms with Crippen LogP contribution < -0.4 is 16.4 Å². The fourth-order valence-corrected chi connectivity index (χ4v) is 5.26. The molecule has 6 rings (SSSR count). The maximum absolute atomic E-state index is 11.7. The van der Waals surface area contributed by atoms with Gasteiger partial charge in [-0.2, -0.15) is 0 Å². The van der Waals surface area contributed by atoms with E-state index in [1.165, 1.54) is 43.4 Å². The first kappa shape index (κ1) is 42.5. The van der Waals surface area contributed by atoms with Crippen LogP contribution in [0.15, 0.2) is 94.9 Å². The van der Waals surface area contributed by atoms with Crippen LogP contribution in [0.4, 0.5) is 22.7 Å². The second-order valence-electron chi connectivity index (χ2n) is 11.0. The molecule has 4 aromatic carbocycles. The van der Waals surface area contributed by atoms with Gasteiger partial charge in [-0.05, 0) is 24.3 Å². The SMILES string of the molecule is CN(CC(=O)O)C(=N)N.O=C1CN=C(c2ccccc2Cl)c2cc([N+](=O)[O-])ccc2N1.O=C1CN=C(c2ccccc2Cl)c2cc([N+](=O)[O-])ccc2N1.[Mg+2]. The van der Waals surface area contributed by atoms with Gasteiger partial charge in [0.2, 0.25) is 11.8 Å². The van der Waals surface area contributed by atoms with Gasteiger partial charge in [-0.1, -0.05) is 59.6 Å². The van der Waals surface area contributed by atoms with E-state index in [1.807, 2.05) is 0 Å². The normalized spacial score (nSPS) is 12.6. The van der Waals surface area contributed by atoms with Gasteiger partial charge in [0.1, 0.15) is 19.6 Å². The zero-order chi connectivity index (χ0) is 38.8. The van der Waals surface area contributed by atoms with Crippen molar-refractivity contribution in [2.75, 3.05) is 37.3 Å². The van der Waals surface area contributed by atoms with Crippen LogP contribution >= 0.6 is 23.2 Å². The second kappa shape index (κ2) is 19.2. The number of guanidine groups is 1. The predicted octanol–water partition coefficient (Wildman–Crippen LogP) is 4.59. The number of fused-ring (bicyclic) bond motifs is 2. The summed E-state index contributed by atoms with van der Waals surface area (Å²) in [5.74, 6) is -1.79. The number of amides is 2. The summed E-state index contributed by atoms with van der Waals surface area (Å²) < 4.78 is 0.